The minimum Gasteiger partial charge on any atom is -0.478 e. The van der Waals surface area contributed by atoms with E-state index in [0.29, 0.717) is 5.92 Å². The summed E-state index contributed by atoms with van der Waals surface area (Å²) in [7, 11) is 0. The van der Waals surface area contributed by atoms with Gasteiger partial charge in [0.1, 0.15) is 5.82 Å². The van der Waals surface area contributed by atoms with Gasteiger partial charge in [0, 0.05) is 6.04 Å². The van der Waals surface area contributed by atoms with E-state index in [-0.39, 0.29) is 17.3 Å². The number of benzene rings is 1. The van der Waals surface area contributed by atoms with Crippen LogP contribution in [0.5, 0.6) is 0 Å². The average Bonchev–Trinajstić information content (AvgIpc) is 2.31. The highest BCUT2D eigenvalue weighted by Gasteiger charge is 2.16. The van der Waals surface area contributed by atoms with Crippen molar-refractivity contribution in [2.45, 2.75) is 39.7 Å². The second-order valence-electron chi connectivity index (χ2n) is 4.76. The van der Waals surface area contributed by atoms with Crippen molar-refractivity contribution in [3.8, 4) is 0 Å². The fourth-order valence-electron chi connectivity index (χ4n) is 1.92. The van der Waals surface area contributed by atoms with E-state index >= 15 is 0 Å². The molecule has 2 atom stereocenters. The molecule has 4 heteroatoms. The molecule has 0 aromatic heterocycles. The molecule has 0 bridgehead atoms. The number of para-hydroxylation sites is 1. The average molecular weight is 253 g/mol. The summed E-state index contributed by atoms with van der Waals surface area (Å²) in [5, 5.41) is 12.0. The normalized spacial score (nSPS) is 14.0. The molecule has 18 heavy (non-hydrogen) atoms. The molecule has 2 N–H and O–H groups in total. The quantitative estimate of drug-likeness (QED) is 0.811. The summed E-state index contributed by atoms with van der Waals surface area (Å²) in [6.07, 6.45) is 1.93. The lowest BCUT2D eigenvalue weighted by Gasteiger charge is -2.20. The predicted molar refractivity (Wildman–Crippen MR) is 70.5 cm³/mol. The molecule has 0 radical (unpaired) electrons. The van der Waals surface area contributed by atoms with Gasteiger partial charge in [-0.15, -0.1) is 0 Å². The highest BCUT2D eigenvalue weighted by molar-refractivity contribution is 5.94. The summed E-state index contributed by atoms with van der Waals surface area (Å²) < 4.78 is 13.7. The van der Waals surface area contributed by atoms with Gasteiger partial charge in [0.2, 0.25) is 0 Å². The van der Waals surface area contributed by atoms with E-state index in [2.05, 4.69) is 19.2 Å². The number of carbonyl (C=O) groups is 1. The van der Waals surface area contributed by atoms with Gasteiger partial charge in [-0.1, -0.05) is 26.3 Å². The van der Waals surface area contributed by atoms with E-state index in [1.54, 1.807) is 0 Å². The number of carboxylic acids is 1. The maximum atomic E-state index is 13.7. The van der Waals surface area contributed by atoms with Gasteiger partial charge in [-0.2, -0.15) is 0 Å². The van der Waals surface area contributed by atoms with Crippen LogP contribution in [0, 0.1) is 11.7 Å². The van der Waals surface area contributed by atoms with Crippen LogP contribution in [0.1, 0.15) is 44.0 Å². The van der Waals surface area contributed by atoms with Gasteiger partial charge in [-0.25, -0.2) is 9.18 Å². The van der Waals surface area contributed by atoms with Crippen LogP contribution in [0.2, 0.25) is 0 Å². The molecule has 1 aromatic carbocycles. The Kier molecular flexibility index (Phi) is 5.13. The molecule has 0 aliphatic carbocycles. The van der Waals surface area contributed by atoms with Crippen molar-refractivity contribution >= 4 is 11.7 Å². The Labute approximate surface area is 107 Å². The Hall–Kier alpha value is -1.58. The second kappa shape index (κ2) is 6.38. The largest absolute Gasteiger partial charge is 0.478 e. The van der Waals surface area contributed by atoms with Gasteiger partial charge in [0.15, 0.2) is 0 Å². The Morgan fingerprint density at radius 2 is 2.11 bits per heavy atom. The zero-order valence-electron chi connectivity index (χ0n) is 11.0. The lowest BCUT2D eigenvalue weighted by atomic mass is 10.00. The topological polar surface area (TPSA) is 49.3 Å². The van der Waals surface area contributed by atoms with Gasteiger partial charge in [-0.05, 0) is 31.4 Å². The molecule has 1 rings (SSSR count). The molecular formula is C14H20FNO2. The van der Waals surface area contributed by atoms with Crippen molar-refractivity contribution in [3.63, 3.8) is 0 Å². The zero-order chi connectivity index (χ0) is 13.7. The number of hydrogen-bond acceptors (Lipinski definition) is 2. The van der Waals surface area contributed by atoms with Crippen molar-refractivity contribution in [3.05, 3.63) is 29.6 Å². The molecule has 0 amide bonds. The van der Waals surface area contributed by atoms with E-state index < -0.39 is 11.8 Å². The van der Waals surface area contributed by atoms with Crippen LogP contribution in [0.25, 0.3) is 0 Å². The smallest absolute Gasteiger partial charge is 0.337 e. The molecule has 100 valence electrons. The number of carboxylic acid groups (broad SMARTS) is 1. The van der Waals surface area contributed by atoms with Crippen molar-refractivity contribution in [1.82, 2.24) is 0 Å². The monoisotopic (exact) mass is 253 g/mol. The minimum absolute atomic E-state index is 0.0222. The van der Waals surface area contributed by atoms with Gasteiger partial charge >= 0.3 is 5.97 Å². The first-order chi connectivity index (χ1) is 8.45. The van der Waals surface area contributed by atoms with Crippen LogP contribution in [-0.4, -0.2) is 17.1 Å². The number of rotatable bonds is 6. The standard InChI is InChI=1S/C14H20FNO2/c1-4-9(2)8-10(3)16-13-11(14(17)18)6-5-7-12(13)15/h5-7,9-10,16H,4,8H2,1-3H3,(H,17,18). The first kappa shape index (κ1) is 14.5. The second-order valence-corrected chi connectivity index (χ2v) is 4.76. The van der Waals surface area contributed by atoms with Crippen molar-refractivity contribution < 1.29 is 14.3 Å². The SMILES string of the molecule is CCC(C)CC(C)Nc1c(F)cccc1C(=O)O. The summed E-state index contributed by atoms with van der Waals surface area (Å²) in [6, 6.07) is 4.12. The molecule has 0 heterocycles. The van der Waals surface area contributed by atoms with E-state index in [0.717, 1.165) is 12.8 Å². The van der Waals surface area contributed by atoms with Crippen molar-refractivity contribution in [2.24, 2.45) is 5.92 Å². The third kappa shape index (κ3) is 3.72. The highest BCUT2D eigenvalue weighted by atomic mass is 19.1. The van der Waals surface area contributed by atoms with Gasteiger partial charge in [0.25, 0.3) is 0 Å². The summed E-state index contributed by atoms with van der Waals surface area (Å²) in [6.45, 7) is 6.16. The molecule has 3 nitrogen and oxygen atoms in total. The van der Waals surface area contributed by atoms with Gasteiger partial charge in [-0.3, -0.25) is 0 Å². The molecule has 0 aliphatic rings. The number of anilines is 1. The Morgan fingerprint density at radius 3 is 2.67 bits per heavy atom. The maximum Gasteiger partial charge on any atom is 0.337 e. The van der Waals surface area contributed by atoms with E-state index in [1.165, 1.54) is 18.2 Å². The van der Waals surface area contributed by atoms with Crippen LogP contribution >= 0.6 is 0 Å². The molecule has 2 unspecified atom stereocenters. The Morgan fingerprint density at radius 1 is 1.44 bits per heavy atom. The molecule has 0 fully saturated rings. The van der Waals surface area contributed by atoms with Crippen molar-refractivity contribution in [1.29, 1.82) is 0 Å². The fourth-order valence-corrected chi connectivity index (χ4v) is 1.92. The summed E-state index contributed by atoms with van der Waals surface area (Å²) in [5.41, 5.74) is 0.0619. The summed E-state index contributed by atoms with van der Waals surface area (Å²) in [5.74, 6) is -1.12. The summed E-state index contributed by atoms with van der Waals surface area (Å²) >= 11 is 0. The predicted octanol–water partition coefficient (Wildman–Crippen LogP) is 3.76. The van der Waals surface area contributed by atoms with Crippen molar-refractivity contribution in [2.75, 3.05) is 5.32 Å². The molecular weight excluding hydrogens is 233 g/mol. The molecule has 0 spiro atoms. The number of nitrogens with one attached hydrogen (secondary N) is 1. The Bertz CT molecular complexity index is 420. The van der Waals surface area contributed by atoms with Gasteiger partial charge in [0.05, 0.1) is 11.3 Å². The first-order valence-corrected chi connectivity index (χ1v) is 6.24. The fraction of sp³-hybridized carbons (Fsp3) is 0.500. The maximum absolute atomic E-state index is 13.7. The number of hydrogen-bond donors (Lipinski definition) is 2. The van der Waals surface area contributed by atoms with Gasteiger partial charge < -0.3 is 10.4 Å². The van der Waals surface area contributed by atoms with Crippen LogP contribution in [0.3, 0.4) is 0 Å². The summed E-state index contributed by atoms with van der Waals surface area (Å²) in [4.78, 5) is 11.0. The highest BCUT2D eigenvalue weighted by Crippen LogP contribution is 2.22. The van der Waals surface area contributed by atoms with Crippen LogP contribution in [0.15, 0.2) is 18.2 Å². The van der Waals surface area contributed by atoms with Crippen LogP contribution < -0.4 is 5.32 Å². The van der Waals surface area contributed by atoms with Crippen LogP contribution in [-0.2, 0) is 0 Å². The van der Waals surface area contributed by atoms with E-state index in [4.69, 9.17) is 5.11 Å². The zero-order valence-corrected chi connectivity index (χ0v) is 11.0. The third-order valence-electron chi connectivity index (χ3n) is 3.09. The molecule has 0 saturated carbocycles. The minimum atomic E-state index is -1.12. The first-order valence-electron chi connectivity index (χ1n) is 6.24. The van der Waals surface area contributed by atoms with Crippen LogP contribution in [0.4, 0.5) is 10.1 Å². The molecule has 0 aliphatic heterocycles. The number of halogens is 1. The molecule has 0 saturated heterocycles. The molecule has 1 aromatic rings. The Balaban J connectivity index is 2.86. The lowest BCUT2D eigenvalue weighted by molar-refractivity contribution is 0.0697. The van der Waals surface area contributed by atoms with E-state index in [1.807, 2.05) is 6.92 Å². The number of aromatic carboxylic acids is 1. The third-order valence-corrected chi connectivity index (χ3v) is 3.09. The van der Waals surface area contributed by atoms with E-state index in [9.17, 15) is 9.18 Å². The lowest BCUT2D eigenvalue weighted by Crippen LogP contribution is -2.21.